The van der Waals surface area contributed by atoms with E-state index >= 15 is 0 Å². The summed E-state index contributed by atoms with van der Waals surface area (Å²) in [5.74, 6) is -0.472. The van der Waals surface area contributed by atoms with Crippen LogP contribution in [0.5, 0.6) is 0 Å². The van der Waals surface area contributed by atoms with Gasteiger partial charge in [-0.15, -0.1) is 0 Å². The van der Waals surface area contributed by atoms with Crippen molar-refractivity contribution in [2.24, 2.45) is 0 Å². The molecule has 6 nitrogen and oxygen atoms in total. The summed E-state index contributed by atoms with van der Waals surface area (Å²) >= 11 is 0. The van der Waals surface area contributed by atoms with Crippen molar-refractivity contribution >= 4 is 27.6 Å². The lowest BCUT2D eigenvalue weighted by atomic mass is 10.0. The number of carbonyl (C=O) groups excluding carboxylic acids is 1. The third-order valence-electron chi connectivity index (χ3n) is 6.59. The van der Waals surface area contributed by atoms with Crippen LogP contribution in [-0.4, -0.2) is 46.5 Å². The number of pyridine rings is 2. The van der Waals surface area contributed by atoms with Crippen LogP contribution in [0.4, 0.5) is 4.39 Å². The summed E-state index contributed by atoms with van der Waals surface area (Å²) in [5, 5.41) is 5.30. The summed E-state index contributed by atoms with van der Waals surface area (Å²) in [5.41, 5.74) is 2.14. The number of likely N-dealkylation sites (tertiary alicyclic amines) is 1. The second-order valence-corrected chi connectivity index (χ2v) is 8.79. The third-order valence-corrected chi connectivity index (χ3v) is 6.59. The van der Waals surface area contributed by atoms with Gasteiger partial charge < -0.3 is 14.8 Å². The SMILES string of the molecule is O=C(NCCc1ccc(F)cc1)c1ccc2c3ccncc3c(=O)n(CCN3CCCC3)c2c1. The monoisotopic (exact) mass is 458 g/mol. The highest BCUT2D eigenvalue weighted by atomic mass is 19.1. The Kier molecular flexibility index (Phi) is 6.36. The normalized spacial score (nSPS) is 14.1. The molecule has 0 saturated carbocycles. The highest BCUT2D eigenvalue weighted by Crippen LogP contribution is 2.24. The van der Waals surface area contributed by atoms with Gasteiger partial charge in [0.25, 0.3) is 11.5 Å². The molecule has 0 aliphatic carbocycles. The molecule has 1 amide bonds. The molecule has 0 unspecified atom stereocenters. The number of nitrogens with one attached hydrogen (secondary N) is 1. The molecule has 0 atom stereocenters. The van der Waals surface area contributed by atoms with E-state index in [1.54, 1.807) is 35.2 Å². The van der Waals surface area contributed by atoms with E-state index in [2.05, 4.69) is 15.2 Å². The minimum absolute atomic E-state index is 0.0799. The molecular weight excluding hydrogens is 431 g/mol. The van der Waals surface area contributed by atoms with Crippen LogP contribution in [0, 0.1) is 5.82 Å². The number of halogens is 1. The first-order chi connectivity index (χ1) is 16.6. The maximum atomic E-state index is 13.4. The molecule has 3 heterocycles. The van der Waals surface area contributed by atoms with Gasteiger partial charge in [0.15, 0.2) is 0 Å². The summed E-state index contributed by atoms with van der Waals surface area (Å²) in [7, 11) is 0. The lowest BCUT2D eigenvalue weighted by Gasteiger charge is -2.18. The van der Waals surface area contributed by atoms with Gasteiger partial charge in [-0.2, -0.15) is 0 Å². The van der Waals surface area contributed by atoms with Gasteiger partial charge in [-0.25, -0.2) is 4.39 Å². The van der Waals surface area contributed by atoms with Gasteiger partial charge in [-0.1, -0.05) is 18.2 Å². The zero-order valence-corrected chi connectivity index (χ0v) is 19.0. The zero-order valence-electron chi connectivity index (χ0n) is 19.0. The van der Waals surface area contributed by atoms with Crippen molar-refractivity contribution in [1.82, 2.24) is 19.8 Å². The van der Waals surface area contributed by atoms with Gasteiger partial charge in [-0.3, -0.25) is 14.6 Å². The van der Waals surface area contributed by atoms with Crippen LogP contribution in [0.3, 0.4) is 0 Å². The number of rotatable bonds is 7. The molecule has 5 rings (SSSR count). The largest absolute Gasteiger partial charge is 0.352 e. The smallest absolute Gasteiger partial charge is 0.260 e. The van der Waals surface area contributed by atoms with Gasteiger partial charge in [0.2, 0.25) is 0 Å². The fourth-order valence-electron chi connectivity index (χ4n) is 4.72. The standard InChI is InChI=1S/C27H27FN4O2/c28-21-6-3-19(4-7-21)9-12-30-26(33)20-5-8-23-22-10-11-29-18-24(22)27(34)32(25(23)17-20)16-15-31-13-1-2-14-31/h3-8,10-11,17-18H,1-2,9,12-16H2,(H,30,33). The molecule has 0 radical (unpaired) electrons. The first-order valence-electron chi connectivity index (χ1n) is 11.8. The molecule has 1 N–H and O–H groups in total. The summed E-state index contributed by atoms with van der Waals surface area (Å²) in [6.07, 6.45) is 6.31. The van der Waals surface area contributed by atoms with Gasteiger partial charge in [0.1, 0.15) is 5.82 Å². The predicted molar refractivity (Wildman–Crippen MR) is 132 cm³/mol. The Morgan fingerprint density at radius 3 is 2.56 bits per heavy atom. The zero-order chi connectivity index (χ0) is 23.5. The molecule has 1 fully saturated rings. The van der Waals surface area contributed by atoms with Crippen LogP contribution in [0.15, 0.2) is 65.7 Å². The van der Waals surface area contributed by atoms with E-state index in [0.717, 1.165) is 41.5 Å². The van der Waals surface area contributed by atoms with Crippen molar-refractivity contribution < 1.29 is 9.18 Å². The van der Waals surface area contributed by atoms with E-state index in [4.69, 9.17) is 0 Å². The maximum absolute atomic E-state index is 13.4. The van der Waals surface area contributed by atoms with E-state index in [1.807, 2.05) is 18.2 Å². The number of benzene rings is 2. The molecule has 1 aliphatic rings. The van der Waals surface area contributed by atoms with E-state index in [1.165, 1.54) is 25.0 Å². The topological polar surface area (TPSA) is 67.2 Å². The number of fused-ring (bicyclic) bond motifs is 3. The first kappa shape index (κ1) is 22.2. The molecule has 34 heavy (non-hydrogen) atoms. The Bertz CT molecular complexity index is 1390. The molecule has 0 bridgehead atoms. The number of nitrogens with zero attached hydrogens (tertiary/aromatic N) is 3. The Morgan fingerprint density at radius 2 is 1.76 bits per heavy atom. The van der Waals surface area contributed by atoms with E-state index in [-0.39, 0.29) is 17.3 Å². The van der Waals surface area contributed by atoms with E-state index in [9.17, 15) is 14.0 Å². The fourth-order valence-corrected chi connectivity index (χ4v) is 4.72. The van der Waals surface area contributed by atoms with Crippen molar-refractivity contribution in [3.8, 4) is 0 Å². The summed E-state index contributed by atoms with van der Waals surface area (Å²) in [6, 6.07) is 13.7. The number of aromatic nitrogens is 2. The Hall–Kier alpha value is -3.58. The Balaban J connectivity index is 1.43. The molecule has 7 heteroatoms. The van der Waals surface area contributed by atoms with Crippen LogP contribution in [0.2, 0.25) is 0 Å². The van der Waals surface area contributed by atoms with Crippen LogP contribution in [0.1, 0.15) is 28.8 Å². The highest BCUT2D eigenvalue weighted by Gasteiger charge is 2.16. The molecule has 2 aromatic carbocycles. The summed E-state index contributed by atoms with van der Waals surface area (Å²) in [4.78, 5) is 32.8. The van der Waals surface area contributed by atoms with Crippen LogP contribution < -0.4 is 10.9 Å². The number of amides is 1. The summed E-state index contributed by atoms with van der Waals surface area (Å²) < 4.78 is 14.9. The van der Waals surface area contributed by atoms with Crippen LogP contribution in [0.25, 0.3) is 21.7 Å². The first-order valence-corrected chi connectivity index (χ1v) is 11.8. The summed E-state index contributed by atoms with van der Waals surface area (Å²) in [6.45, 7) is 3.92. The molecule has 4 aromatic rings. The Morgan fingerprint density at radius 1 is 0.971 bits per heavy atom. The quantitative estimate of drug-likeness (QED) is 0.428. The van der Waals surface area contributed by atoms with Crippen molar-refractivity contribution in [3.05, 3.63) is 88.2 Å². The number of carbonyl (C=O) groups is 1. The molecule has 174 valence electrons. The van der Waals surface area contributed by atoms with Gasteiger partial charge in [-0.05, 0) is 73.6 Å². The van der Waals surface area contributed by atoms with Crippen molar-refractivity contribution in [2.45, 2.75) is 25.8 Å². The molecule has 1 aliphatic heterocycles. The minimum atomic E-state index is -0.275. The average Bonchev–Trinajstić information content (AvgIpc) is 3.38. The number of hydrogen-bond donors (Lipinski definition) is 1. The number of hydrogen-bond acceptors (Lipinski definition) is 4. The molecule has 0 spiro atoms. The highest BCUT2D eigenvalue weighted by molar-refractivity contribution is 6.07. The molecule has 1 saturated heterocycles. The minimum Gasteiger partial charge on any atom is -0.352 e. The second-order valence-electron chi connectivity index (χ2n) is 8.79. The lowest BCUT2D eigenvalue weighted by Crippen LogP contribution is -2.30. The fraction of sp³-hybridized carbons (Fsp3) is 0.296. The van der Waals surface area contributed by atoms with Crippen molar-refractivity contribution in [3.63, 3.8) is 0 Å². The van der Waals surface area contributed by atoms with Crippen molar-refractivity contribution in [1.29, 1.82) is 0 Å². The van der Waals surface area contributed by atoms with Crippen LogP contribution in [-0.2, 0) is 13.0 Å². The van der Waals surface area contributed by atoms with Crippen molar-refractivity contribution in [2.75, 3.05) is 26.2 Å². The molecule has 2 aromatic heterocycles. The van der Waals surface area contributed by atoms with Crippen LogP contribution >= 0.6 is 0 Å². The predicted octanol–water partition coefficient (Wildman–Crippen LogP) is 3.76. The molecular formula is C27H27FN4O2. The van der Waals surface area contributed by atoms with Gasteiger partial charge in [0, 0.05) is 43.0 Å². The maximum Gasteiger partial charge on any atom is 0.260 e. The third kappa shape index (κ3) is 4.56. The van der Waals surface area contributed by atoms with E-state index in [0.29, 0.717) is 30.5 Å². The lowest BCUT2D eigenvalue weighted by molar-refractivity contribution is 0.0954. The van der Waals surface area contributed by atoms with Gasteiger partial charge >= 0.3 is 0 Å². The second kappa shape index (κ2) is 9.73. The van der Waals surface area contributed by atoms with Gasteiger partial charge in [0.05, 0.1) is 10.9 Å². The average molecular weight is 459 g/mol. The Labute approximate surface area is 197 Å². The van der Waals surface area contributed by atoms with E-state index < -0.39 is 0 Å².